The number of benzene rings is 3. The summed E-state index contributed by atoms with van der Waals surface area (Å²) in [4.78, 5) is 40.6. The number of nitrogens with two attached hydrogens (primary N) is 1. The summed E-state index contributed by atoms with van der Waals surface area (Å²) in [5.41, 5.74) is 6.39. The van der Waals surface area contributed by atoms with Crippen LogP contribution < -0.4 is 16.4 Å². The largest absolute Gasteiger partial charge is 0.366 e. The van der Waals surface area contributed by atoms with Gasteiger partial charge in [-0.25, -0.2) is 9.38 Å². The first-order valence-electron chi connectivity index (χ1n) is 8.94. The fourth-order valence-corrected chi connectivity index (χ4v) is 2.74. The molecule has 0 heterocycles. The van der Waals surface area contributed by atoms with Gasteiger partial charge in [0.1, 0.15) is 5.82 Å². The van der Waals surface area contributed by atoms with Crippen molar-refractivity contribution in [2.45, 2.75) is 0 Å². The van der Waals surface area contributed by atoms with Gasteiger partial charge in [-0.3, -0.25) is 25.0 Å². The summed E-state index contributed by atoms with van der Waals surface area (Å²) in [6.07, 6.45) is 0. The first-order valence-corrected chi connectivity index (χ1v) is 9.73. The lowest BCUT2D eigenvalue weighted by atomic mass is 10.2. The Labute approximate surface area is 185 Å². The minimum atomic E-state index is -0.594. The number of hydrogen-bond acceptors (Lipinski definition) is 4. The van der Waals surface area contributed by atoms with E-state index >= 15 is 0 Å². The molecule has 3 rings (SSSR count). The quantitative estimate of drug-likeness (QED) is 0.390. The van der Waals surface area contributed by atoms with Gasteiger partial charge in [0.05, 0.1) is 5.69 Å². The van der Waals surface area contributed by atoms with Gasteiger partial charge in [0, 0.05) is 21.2 Å². The molecule has 156 valence electrons. The van der Waals surface area contributed by atoms with E-state index in [0.717, 1.165) is 16.6 Å². The average Bonchev–Trinajstić information content (AvgIpc) is 2.75. The summed E-state index contributed by atoms with van der Waals surface area (Å²) in [6.45, 7) is 0. The summed E-state index contributed by atoms with van der Waals surface area (Å²) in [5.74, 6) is -2.32. The van der Waals surface area contributed by atoms with Crippen LogP contribution in [0.15, 0.2) is 82.3 Å². The van der Waals surface area contributed by atoms with Crippen LogP contribution in [-0.2, 0) is 0 Å². The Hall–Kier alpha value is -3.85. The van der Waals surface area contributed by atoms with Gasteiger partial charge in [-0.1, -0.05) is 15.9 Å². The highest BCUT2D eigenvalue weighted by Crippen LogP contribution is 2.14. The molecular formula is C22H16BrFN4O3. The maximum Gasteiger partial charge on any atom is 0.257 e. The van der Waals surface area contributed by atoms with Crippen LogP contribution in [0.3, 0.4) is 0 Å². The van der Waals surface area contributed by atoms with Crippen LogP contribution in [-0.4, -0.2) is 23.7 Å². The molecule has 9 heteroatoms. The number of hydrogen-bond donors (Lipinski definition) is 3. The third-order valence-corrected chi connectivity index (χ3v) is 4.60. The standard InChI is InChI=1S/C22H16BrFN4O3/c23-16-7-1-14(2-8-16)20(30)27-22(26-18-11-5-13(6-12-18)19(25)29)28-21(31)15-3-9-17(24)10-4-15/h1-12H,(H2,25,29)(H2,26,27,28,30,31). The summed E-state index contributed by atoms with van der Waals surface area (Å²) in [5, 5.41) is 5.06. The zero-order chi connectivity index (χ0) is 22.4. The van der Waals surface area contributed by atoms with Crippen LogP contribution in [0.1, 0.15) is 31.1 Å². The fourth-order valence-electron chi connectivity index (χ4n) is 2.48. The van der Waals surface area contributed by atoms with Gasteiger partial charge in [-0.05, 0) is 72.8 Å². The van der Waals surface area contributed by atoms with E-state index in [-0.39, 0.29) is 17.1 Å². The molecule has 0 radical (unpaired) electrons. The second-order valence-electron chi connectivity index (χ2n) is 6.29. The molecule has 3 aromatic rings. The van der Waals surface area contributed by atoms with Gasteiger partial charge in [0.2, 0.25) is 11.9 Å². The Kier molecular flexibility index (Phi) is 6.88. The molecule has 0 aliphatic rings. The molecule has 0 saturated carbocycles. The van der Waals surface area contributed by atoms with Crippen molar-refractivity contribution in [3.8, 4) is 0 Å². The van der Waals surface area contributed by atoms with Crippen molar-refractivity contribution >= 4 is 45.3 Å². The molecular weight excluding hydrogens is 467 g/mol. The molecule has 7 nitrogen and oxygen atoms in total. The number of nitrogens with one attached hydrogen (secondary N) is 2. The van der Waals surface area contributed by atoms with Crippen molar-refractivity contribution in [1.82, 2.24) is 10.6 Å². The summed E-state index contributed by atoms with van der Waals surface area (Å²) in [6, 6.07) is 17.5. The van der Waals surface area contributed by atoms with Crippen molar-refractivity contribution in [2.75, 3.05) is 0 Å². The molecule has 0 unspecified atom stereocenters. The number of nitrogens with zero attached hydrogens (tertiary/aromatic N) is 1. The highest BCUT2D eigenvalue weighted by molar-refractivity contribution is 9.10. The van der Waals surface area contributed by atoms with Crippen molar-refractivity contribution < 1.29 is 18.8 Å². The van der Waals surface area contributed by atoms with E-state index in [4.69, 9.17) is 5.73 Å². The van der Waals surface area contributed by atoms with Crippen LogP contribution in [0.25, 0.3) is 0 Å². The molecule has 3 aromatic carbocycles. The first kappa shape index (κ1) is 21.8. The van der Waals surface area contributed by atoms with E-state index in [1.54, 1.807) is 24.3 Å². The first-order chi connectivity index (χ1) is 14.8. The summed E-state index contributed by atoms with van der Waals surface area (Å²) in [7, 11) is 0. The number of halogens is 2. The van der Waals surface area contributed by atoms with Gasteiger partial charge in [0.25, 0.3) is 11.8 Å². The third kappa shape index (κ3) is 6.06. The molecule has 0 aliphatic heterocycles. The lowest BCUT2D eigenvalue weighted by molar-refractivity contribution is 0.0963. The zero-order valence-electron chi connectivity index (χ0n) is 15.9. The van der Waals surface area contributed by atoms with Crippen LogP contribution in [0, 0.1) is 5.82 Å². The average molecular weight is 483 g/mol. The molecule has 31 heavy (non-hydrogen) atoms. The van der Waals surface area contributed by atoms with E-state index in [2.05, 4.69) is 31.6 Å². The molecule has 3 amide bonds. The van der Waals surface area contributed by atoms with E-state index in [1.807, 2.05) is 0 Å². The van der Waals surface area contributed by atoms with Crippen molar-refractivity contribution in [1.29, 1.82) is 0 Å². The number of carbonyl (C=O) groups is 3. The van der Waals surface area contributed by atoms with E-state index in [0.29, 0.717) is 11.3 Å². The van der Waals surface area contributed by atoms with Gasteiger partial charge in [0.15, 0.2) is 0 Å². The van der Waals surface area contributed by atoms with E-state index < -0.39 is 23.5 Å². The van der Waals surface area contributed by atoms with Gasteiger partial charge >= 0.3 is 0 Å². The number of carbonyl (C=O) groups excluding carboxylic acids is 3. The second kappa shape index (κ2) is 9.77. The molecule has 0 spiro atoms. The lowest BCUT2D eigenvalue weighted by Gasteiger charge is -2.11. The highest BCUT2D eigenvalue weighted by atomic mass is 79.9. The molecule has 0 fully saturated rings. The number of primary amides is 1. The van der Waals surface area contributed by atoms with E-state index in [9.17, 15) is 18.8 Å². The Bertz CT molecular complexity index is 1080. The Balaban J connectivity index is 1.87. The lowest BCUT2D eigenvalue weighted by Crippen LogP contribution is -2.43. The smallest absolute Gasteiger partial charge is 0.257 e. The fraction of sp³-hybridized carbons (Fsp3) is 0. The van der Waals surface area contributed by atoms with Gasteiger partial charge in [-0.2, -0.15) is 0 Å². The molecule has 0 aromatic heterocycles. The zero-order valence-corrected chi connectivity index (χ0v) is 17.5. The normalized spacial score (nSPS) is 11.0. The monoisotopic (exact) mass is 482 g/mol. The molecule has 0 atom stereocenters. The molecule has 4 N–H and O–H groups in total. The van der Waals surface area contributed by atoms with Crippen molar-refractivity contribution in [3.63, 3.8) is 0 Å². The Morgan fingerprint density at radius 1 is 0.742 bits per heavy atom. The predicted octanol–water partition coefficient (Wildman–Crippen LogP) is 3.53. The molecule has 0 bridgehead atoms. The number of guanidine groups is 1. The van der Waals surface area contributed by atoms with Gasteiger partial charge < -0.3 is 5.73 Å². The third-order valence-electron chi connectivity index (χ3n) is 4.07. The van der Waals surface area contributed by atoms with Crippen LogP contribution >= 0.6 is 15.9 Å². The van der Waals surface area contributed by atoms with Crippen LogP contribution in [0.2, 0.25) is 0 Å². The summed E-state index contributed by atoms with van der Waals surface area (Å²) < 4.78 is 13.9. The van der Waals surface area contributed by atoms with Crippen LogP contribution in [0.4, 0.5) is 10.1 Å². The number of amides is 3. The second-order valence-corrected chi connectivity index (χ2v) is 7.21. The topological polar surface area (TPSA) is 114 Å². The number of rotatable bonds is 4. The molecule has 0 saturated heterocycles. The van der Waals surface area contributed by atoms with Crippen LogP contribution in [0.5, 0.6) is 0 Å². The Morgan fingerprint density at radius 2 is 1.19 bits per heavy atom. The SMILES string of the molecule is NC(=O)c1ccc(N=C(NC(=O)c2ccc(F)cc2)NC(=O)c2ccc(Br)cc2)cc1. The minimum Gasteiger partial charge on any atom is -0.366 e. The summed E-state index contributed by atoms with van der Waals surface area (Å²) >= 11 is 3.30. The molecule has 0 aliphatic carbocycles. The van der Waals surface area contributed by atoms with E-state index in [1.165, 1.54) is 36.4 Å². The predicted molar refractivity (Wildman–Crippen MR) is 118 cm³/mol. The van der Waals surface area contributed by atoms with Crippen molar-refractivity contribution in [3.05, 3.63) is 99.8 Å². The van der Waals surface area contributed by atoms with Crippen molar-refractivity contribution in [2.24, 2.45) is 10.7 Å². The minimum absolute atomic E-state index is 0.144. The van der Waals surface area contributed by atoms with Gasteiger partial charge in [-0.15, -0.1) is 0 Å². The number of aliphatic imine (C=N–C) groups is 1. The Morgan fingerprint density at radius 3 is 1.68 bits per heavy atom. The highest BCUT2D eigenvalue weighted by Gasteiger charge is 2.14. The maximum atomic E-state index is 13.1. The maximum absolute atomic E-state index is 13.1.